The Balaban J connectivity index is 2.12. The molecule has 0 heterocycles. The molecule has 10 heteroatoms. The van der Waals surface area contributed by atoms with E-state index in [1.165, 1.54) is 12.1 Å². The number of carbonyl (C=O) groups is 3. The molecule has 0 aromatic heterocycles. The number of rotatable bonds is 9. The third kappa shape index (κ3) is 8.97. The highest BCUT2D eigenvalue weighted by atomic mass is 35.5. The first kappa shape index (κ1) is 33.0. The zero-order valence-electron chi connectivity index (χ0n) is 25.2. The number of anilines is 1. The molecule has 2 atom stereocenters. The van der Waals surface area contributed by atoms with Crippen LogP contribution in [0.1, 0.15) is 54.6 Å². The van der Waals surface area contributed by atoms with Crippen molar-refractivity contribution in [2.75, 3.05) is 11.9 Å². The molecule has 0 bridgehead atoms. The normalized spacial score (nSPS) is 12.4. The van der Waals surface area contributed by atoms with Gasteiger partial charge in [-0.2, -0.15) is 5.26 Å². The molecule has 9 nitrogen and oxygen atoms in total. The van der Waals surface area contributed by atoms with Gasteiger partial charge in [0.05, 0.1) is 16.8 Å². The number of ether oxygens (including phenoxy) is 1. The minimum absolute atomic E-state index is 0.00500. The van der Waals surface area contributed by atoms with Crippen LogP contribution in [0.15, 0.2) is 60.7 Å². The van der Waals surface area contributed by atoms with Gasteiger partial charge in [0.1, 0.15) is 30.0 Å². The number of phenols is 1. The highest BCUT2D eigenvalue weighted by molar-refractivity contribution is 6.34. The molecule has 3 N–H and O–H groups in total. The van der Waals surface area contributed by atoms with Gasteiger partial charge in [0.15, 0.2) is 0 Å². The summed E-state index contributed by atoms with van der Waals surface area (Å²) in [4.78, 5) is 42.5. The van der Waals surface area contributed by atoms with Crippen molar-refractivity contribution in [1.82, 2.24) is 10.2 Å². The molecule has 0 fully saturated rings. The van der Waals surface area contributed by atoms with Crippen molar-refractivity contribution < 1.29 is 24.2 Å². The summed E-state index contributed by atoms with van der Waals surface area (Å²) in [7, 11) is 0. The summed E-state index contributed by atoms with van der Waals surface area (Å²) in [6.07, 6.45) is -0.827. The van der Waals surface area contributed by atoms with Crippen LogP contribution in [0.25, 0.3) is 0 Å². The first-order valence-corrected chi connectivity index (χ1v) is 14.2. The van der Waals surface area contributed by atoms with Gasteiger partial charge in [0.25, 0.3) is 5.91 Å². The summed E-state index contributed by atoms with van der Waals surface area (Å²) < 4.78 is 5.43. The van der Waals surface area contributed by atoms with Gasteiger partial charge in [0.2, 0.25) is 5.91 Å². The molecule has 0 spiro atoms. The second-order valence-corrected chi connectivity index (χ2v) is 11.8. The van der Waals surface area contributed by atoms with Crippen LogP contribution in [0.5, 0.6) is 5.75 Å². The third-order valence-corrected chi connectivity index (χ3v) is 6.96. The Labute approximate surface area is 257 Å². The SMILES string of the molecule is Cc1ccc(C)c(C(C(=O)Nc2c(C)cccc2Cl)N(CC#N)C(=O)C(Cc2ccc(O)cc2)NC(=O)OC(C)(C)C)c1. The number of para-hydroxylation sites is 1. The molecular formula is C33H37ClN4O5. The molecule has 0 saturated carbocycles. The number of amides is 3. The molecule has 0 aliphatic carbocycles. The molecular weight excluding hydrogens is 568 g/mol. The van der Waals surface area contributed by atoms with Crippen molar-refractivity contribution in [3.63, 3.8) is 0 Å². The summed E-state index contributed by atoms with van der Waals surface area (Å²) in [5.41, 5.74) is 3.00. The Bertz CT molecular complexity index is 1510. The molecule has 0 aliphatic heterocycles. The predicted octanol–water partition coefficient (Wildman–Crippen LogP) is 6.14. The smallest absolute Gasteiger partial charge is 0.408 e. The molecule has 0 aliphatic rings. The number of aromatic hydroxyl groups is 1. The zero-order valence-corrected chi connectivity index (χ0v) is 26.0. The fourth-order valence-electron chi connectivity index (χ4n) is 4.58. The maximum atomic E-state index is 14.4. The fourth-order valence-corrected chi connectivity index (χ4v) is 4.85. The van der Waals surface area contributed by atoms with Gasteiger partial charge in [0, 0.05) is 6.42 Å². The van der Waals surface area contributed by atoms with E-state index in [2.05, 4.69) is 10.6 Å². The number of aryl methyl sites for hydroxylation is 3. The maximum absolute atomic E-state index is 14.4. The van der Waals surface area contributed by atoms with Gasteiger partial charge < -0.3 is 25.4 Å². The van der Waals surface area contributed by atoms with E-state index < -0.39 is 42.1 Å². The Morgan fingerprint density at radius 2 is 1.70 bits per heavy atom. The van der Waals surface area contributed by atoms with Gasteiger partial charge in [-0.3, -0.25) is 9.59 Å². The number of benzene rings is 3. The monoisotopic (exact) mass is 604 g/mol. The van der Waals surface area contributed by atoms with Crippen LogP contribution >= 0.6 is 11.6 Å². The summed E-state index contributed by atoms with van der Waals surface area (Å²) in [5, 5.41) is 25.4. The van der Waals surface area contributed by atoms with Crippen LogP contribution in [-0.2, 0) is 20.7 Å². The van der Waals surface area contributed by atoms with Crippen LogP contribution in [0.3, 0.4) is 0 Å². The number of phenolic OH excluding ortho intramolecular Hbond substituents is 1. The van der Waals surface area contributed by atoms with Gasteiger partial charge in [-0.25, -0.2) is 4.79 Å². The number of nitriles is 1. The van der Waals surface area contributed by atoms with Crippen molar-refractivity contribution in [1.29, 1.82) is 5.26 Å². The van der Waals surface area contributed by atoms with Crippen LogP contribution in [0, 0.1) is 32.1 Å². The van der Waals surface area contributed by atoms with E-state index in [4.69, 9.17) is 16.3 Å². The van der Waals surface area contributed by atoms with E-state index in [0.29, 0.717) is 21.8 Å². The summed E-state index contributed by atoms with van der Waals surface area (Å²) in [6.45, 7) is 10.1. The Morgan fingerprint density at radius 1 is 1.02 bits per heavy atom. The number of carbonyl (C=O) groups excluding carboxylic acids is 3. The first-order chi connectivity index (χ1) is 20.2. The van der Waals surface area contributed by atoms with Gasteiger partial charge in [-0.05, 0) is 82.0 Å². The van der Waals surface area contributed by atoms with Crippen molar-refractivity contribution in [3.8, 4) is 11.8 Å². The molecule has 2 unspecified atom stereocenters. The predicted molar refractivity (Wildman–Crippen MR) is 166 cm³/mol. The Hall–Kier alpha value is -4.55. The lowest BCUT2D eigenvalue weighted by molar-refractivity contribution is -0.140. The van der Waals surface area contributed by atoms with Crippen molar-refractivity contribution in [2.24, 2.45) is 0 Å². The molecule has 3 amide bonds. The van der Waals surface area contributed by atoms with Crippen LogP contribution in [-0.4, -0.2) is 46.1 Å². The second kappa shape index (κ2) is 14.1. The van der Waals surface area contributed by atoms with Crippen molar-refractivity contribution in [2.45, 2.75) is 65.6 Å². The first-order valence-electron chi connectivity index (χ1n) is 13.8. The van der Waals surface area contributed by atoms with Crippen LogP contribution in [0.4, 0.5) is 10.5 Å². The highest BCUT2D eigenvalue weighted by Gasteiger charge is 2.37. The Morgan fingerprint density at radius 3 is 2.30 bits per heavy atom. The molecule has 226 valence electrons. The zero-order chi connectivity index (χ0) is 31.9. The average Bonchev–Trinajstić information content (AvgIpc) is 2.92. The number of nitrogens with one attached hydrogen (secondary N) is 2. The fraction of sp³-hybridized carbons (Fsp3) is 0.333. The minimum atomic E-state index is -1.24. The summed E-state index contributed by atoms with van der Waals surface area (Å²) in [6, 6.07) is 16.5. The Kier molecular flexibility index (Phi) is 10.8. The maximum Gasteiger partial charge on any atom is 0.408 e. The summed E-state index contributed by atoms with van der Waals surface area (Å²) >= 11 is 6.42. The van der Waals surface area contributed by atoms with E-state index in [1.807, 2.05) is 32.0 Å². The molecule has 3 rings (SSSR count). The highest BCUT2D eigenvalue weighted by Crippen LogP contribution is 2.31. The molecule has 3 aromatic carbocycles. The molecule has 0 saturated heterocycles. The number of alkyl carbamates (subject to hydrolysis) is 1. The third-order valence-electron chi connectivity index (χ3n) is 6.65. The lowest BCUT2D eigenvalue weighted by Gasteiger charge is -2.34. The molecule has 0 radical (unpaired) electrons. The van der Waals surface area contributed by atoms with E-state index in [-0.39, 0.29) is 12.2 Å². The van der Waals surface area contributed by atoms with Gasteiger partial charge in [-0.15, -0.1) is 0 Å². The second-order valence-electron chi connectivity index (χ2n) is 11.4. The standard InChI is InChI=1S/C33H37ClN4O5/c1-20-10-11-21(2)25(18-20)29(30(40)37-28-22(3)8-7-9-26(28)34)38(17-16-35)31(41)27(36-32(42)43-33(4,5)6)19-23-12-14-24(39)15-13-23/h7-15,18,27,29,39H,17,19H2,1-6H3,(H,36,42)(H,37,40). The van der Waals surface area contributed by atoms with Crippen LogP contribution in [0.2, 0.25) is 5.02 Å². The van der Waals surface area contributed by atoms with E-state index in [9.17, 15) is 24.8 Å². The average molecular weight is 605 g/mol. The van der Waals surface area contributed by atoms with E-state index in [0.717, 1.165) is 21.6 Å². The minimum Gasteiger partial charge on any atom is -0.508 e. The van der Waals surface area contributed by atoms with Gasteiger partial charge >= 0.3 is 6.09 Å². The van der Waals surface area contributed by atoms with Gasteiger partial charge in [-0.1, -0.05) is 59.6 Å². The lowest BCUT2D eigenvalue weighted by Crippen LogP contribution is -2.53. The summed E-state index contributed by atoms with van der Waals surface area (Å²) in [5.74, 6) is -1.20. The lowest BCUT2D eigenvalue weighted by atomic mass is 9.95. The van der Waals surface area contributed by atoms with E-state index >= 15 is 0 Å². The topological polar surface area (TPSA) is 132 Å². The number of nitrogens with zero attached hydrogens (tertiary/aromatic N) is 2. The number of halogens is 1. The number of hydrogen-bond donors (Lipinski definition) is 3. The largest absolute Gasteiger partial charge is 0.508 e. The molecule has 43 heavy (non-hydrogen) atoms. The molecule has 3 aromatic rings. The number of hydrogen-bond acceptors (Lipinski definition) is 6. The van der Waals surface area contributed by atoms with E-state index in [1.54, 1.807) is 64.1 Å². The van der Waals surface area contributed by atoms with Crippen molar-refractivity contribution >= 4 is 35.2 Å². The van der Waals surface area contributed by atoms with Crippen molar-refractivity contribution in [3.05, 3.63) is 93.5 Å². The quantitative estimate of drug-likeness (QED) is 0.251. The van der Waals surface area contributed by atoms with Crippen LogP contribution < -0.4 is 10.6 Å².